The van der Waals surface area contributed by atoms with Gasteiger partial charge in [-0.25, -0.2) is 4.79 Å². The number of esters is 1. The molecular formula is C10H21NO5. The Bertz CT molecular complexity index is 196. The third kappa shape index (κ3) is 6.73. The fourth-order valence-corrected chi connectivity index (χ4v) is 1.01. The zero-order valence-corrected chi connectivity index (χ0v) is 10.1. The summed E-state index contributed by atoms with van der Waals surface area (Å²) in [6.45, 7) is 3.67. The molecule has 0 fully saturated rings. The van der Waals surface area contributed by atoms with E-state index in [1.807, 2.05) is 0 Å². The minimum absolute atomic E-state index is 0.132. The molecule has 0 aromatic rings. The fraction of sp³-hybridized carbons (Fsp3) is 0.900. The number of ether oxygens (including phenoxy) is 3. The maximum absolute atomic E-state index is 11.1. The van der Waals surface area contributed by atoms with Crippen LogP contribution in [0.3, 0.4) is 0 Å². The number of carbonyl (C=O) groups is 1. The normalized spacial score (nSPS) is 14.5. The van der Waals surface area contributed by atoms with E-state index < -0.39 is 11.6 Å². The Balaban J connectivity index is 3.47. The van der Waals surface area contributed by atoms with Gasteiger partial charge >= 0.3 is 5.97 Å². The van der Waals surface area contributed by atoms with Crippen molar-refractivity contribution in [2.24, 2.45) is 0 Å². The van der Waals surface area contributed by atoms with Crippen molar-refractivity contribution >= 4 is 5.97 Å². The number of hydrogen-bond donors (Lipinski definition) is 2. The van der Waals surface area contributed by atoms with Gasteiger partial charge in [0.05, 0.1) is 26.9 Å². The highest BCUT2D eigenvalue weighted by molar-refractivity contribution is 5.78. The van der Waals surface area contributed by atoms with Gasteiger partial charge in [-0.3, -0.25) is 0 Å². The maximum atomic E-state index is 11.1. The van der Waals surface area contributed by atoms with Crippen molar-refractivity contribution in [2.75, 3.05) is 47.1 Å². The van der Waals surface area contributed by atoms with Gasteiger partial charge < -0.3 is 24.6 Å². The number of aliphatic hydroxyl groups is 1. The molecule has 2 N–H and O–H groups in total. The highest BCUT2D eigenvalue weighted by Gasteiger charge is 2.30. The lowest BCUT2D eigenvalue weighted by molar-refractivity contribution is -0.159. The van der Waals surface area contributed by atoms with Crippen molar-refractivity contribution in [3.63, 3.8) is 0 Å². The summed E-state index contributed by atoms with van der Waals surface area (Å²) in [7, 11) is 2.85. The second-order valence-corrected chi connectivity index (χ2v) is 3.55. The molecule has 16 heavy (non-hydrogen) atoms. The van der Waals surface area contributed by atoms with Crippen LogP contribution >= 0.6 is 0 Å². The molecular weight excluding hydrogens is 214 g/mol. The Morgan fingerprint density at radius 1 is 1.31 bits per heavy atom. The molecule has 96 valence electrons. The first-order chi connectivity index (χ1) is 7.54. The maximum Gasteiger partial charge on any atom is 0.338 e. The van der Waals surface area contributed by atoms with Crippen LogP contribution in [0.1, 0.15) is 6.92 Å². The summed E-state index contributed by atoms with van der Waals surface area (Å²) >= 11 is 0. The van der Waals surface area contributed by atoms with Gasteiger partial charge in [0.15, 0.2) is 5.60 Å². The largest absolute Gasteiger partial charge is 0.467 e. The van der Waals surface area contributed by atoms with E-state index in [9.17, 15) is 9.90 Å². The van der Waals surface area contributed by atoms with E-state index in [-0.39, 0.29) is 6.54 Å². The van der Waals surface area contributed by atoms with Gasteiger partial charge in [0, 0.05) is 20.2 Å². The van der Waals surface area contributed by atoms with E-state index in [0.717, 1.165) is 0 Å². The molecule has 0 aromatic carbocycles. The SMILES string of the molecule is COCCOCCNCC(C)(O)C(=O)OC. The van der Waals surface area contributed by atoms with E-state index in [2.05, 4.69) is 10.1 Å². The summed E-state index contributed by atoms with van der Waals surface area (Å²) in [4.78, 5) is 11.1. The molecule has 1 unspecified atom stereocenters. The third-order valence-electron chi connectivity index (χ3n) is 1.95. The Morgan fingerprint density at radius 3 is 2.56 bits per heavy atom. The lowest BCUT2D eigenvalue weighted by Crippen LogP contribution is -2.46. The van der Waals surface area contributed by atoms with Crippen molar-refractivity contribution in [3.05, 3.63) is 0 Å². The summed E-state index contributed by atoms with van der Waals surface area (Å²) in [5, 5.41) is 12.5. The predicted octanol–water partition coefficient (Wildman–Crippen LogP) is -0.837. The van der Waals surface area contributed by atoms with Crippen molar-refractivity contribution < 1.29 is 24.1 Å². The van der Waals surface area contributed by atoms with E-state index >= 15 is 0 Å². The van der Waals surface area contributed by atoms with Gasteiger partial charge in [-0.1, -0.05) is 0 Å². The molecule has 0 aliphatic heterocycles. The summed E-state index contributed by atoms with van der Waals surface area (Å²) in [6, 6.07) is 0. The number of nitrogens with one attached hydrogen (secondary N) is 1. The first-order valence-electron chi connectivity index (χ1n) is 5.13. The molecule has 0 heterocycles. The van der Waals surface area contributed by atoms with E-state index in [1.54, 1.807) is 7.11 Å². The van der Waals surface area contributed by atoms with Gasteiger partial charge in [0.25, 0.3) is 0 Å². The fourth-order valence-electron chi connectivity index (χ4n) is 1.01. The van der Waals surface area contributed by atoms with Crippen molar-refractivity contribution in [1.29, 1.82) is 0 Å². The lowest BCUT2D eigenvalue weighted by atomic mass is 10.1. The van der Waals surface area contributed by atoms with Crippen LogP contribution < -0.4 is 5.32 Å². The molecule has 0 rings (SSSR count). The third-order valence-corrected chi connectivity index (χ3v) is 1.95. The molecule has 0 bridgehead atoms. The van der Waals surface area contributed by atoms with E-state index in [0.29, 0.717) is 26.4 Å². The Kier molecular flexibility index (Phi) is 8.10. The number of hydrogen-bond acceptors (Lipinski definition) is 6. The minimum Gasteiger partial charge on any atom is -0.467 e. The zero-order chi connectivity index (χ0) is 12.4. The average molecular weight is 235 g/mol. The first kappa shape index (κ1) is 15.3. The summed E-state index contributed by atoms with van der Waals surface area (Å²) in [6.07, 6.45) is 0. The van der Waals surface area contributed by atoms with Gasteiger partial charge in [0.2, 0.25) is 0 Å². The van der Waals surface area contributed by atoms with E-state index in [1.165, 1.54) is 14.0 Å². The highest BCUT2D eigenvalue weighted by atomic mass is 16.5. The van der Waals surface area contributed by atoms with Crippen LogP contribution in [0.15, 0.2) is 0 Å². The molecule has 0 radical (unpaired) electrons. The van der Waals surface area contributed by atoms with Crippen LogP contribution in [-0.4, -0.2) is 63.8 Å². The monoisotopic (exact) mass is 235 g/mol. The molecule has 0 amide bonds. The van der Waals surface area contributed by atoms with Crippen LogP contribution in [0.2, 0.25) is 0 Å². The summed E-state index contributed by atoms with van der Waals surface area (Å²) in [5.41, 5.74) is -1.50. The second-order valence-electron chi connectivity index (χ2n) is 3.55. The van der Waals surface area contributed by atoms with E-state index in [4.69, 9.17) is 9.47 Å². The standard InChI is InChI=1S/C10H21NO5/c1-10(13,9(12)15-3)8-11-4-5-16-7-6-14-2/h11,13H,4-8H2,1-3H3. The molecule has 0 aliphatic rings. The minimum atomic E-state index is -1.50. The lowest BCUT2D eigenvalue weighted by Gasteiger charge is -2.20. The van der Waals surface area contributed by atoms with Crippen LogP contribution in [0.4, 0.5) is 0 Å². The van der Waals surface area contributed by atoms with Crippen LogP contribution in [-0.2, 0) is 19.0 Å². The smallest absolute Gasteiger partial charge is 0.338 e. The van der Waals surface area contributed by atoms with Crippen LogP contribution in [0.25, 0.3) is 0 Å². The molecule has 6 heteroatoms. The van der Waals surface area contributed by atoms with Gasteiger partial charge in [-0.15, -0.1) is 0 Å². The van der Waals surface area contributed by atoms with Gasteiger partial charge in [-0.2, -0.15) is 0 Å². The Labute approximate surface area is 95.9 Å². The molecule has 0 aromatic heterocycles. The second kappa shape index (κ2) is 8.46. The van der Waals surface area contributed by atoms with Gasteiger partial charge in [-0.05, 0) is 6.92 Å². The summed E-state index contributed by atoms with van der Waals surface area (Å²) < 4.78 is 14.4. The zero-order valence-electron chi connectivity index (χ0n) is 10.1. The van der Waals surface area contributed by atoms with Crippen LogP contribution in [0.5, 0.6) is 0 Å². The van der Waals surface area contributed by atoms with Crippen LogP contribution in [0, 0.1) is 0 Å². The predicted molar refractivity (Wildman–Crippen MR) is 58.2 cm³/mol. The van der Waals surface area contributed by atoms with Crippen molar-refractivity contribution in [1.82, 2.24) is 5.32 Å². The molecule has 0 saturated heterocycles. The molecule has 0 saturated carbocycles. The van der Waals surface area contributed by atoms with Crippen molar-refractivity contribution in [3.8, 4) is 0 Å². The topological polar surface area (TPSA) is 77.0 Å². The molecule has 6 nitrogen and oxygen atoms in total. The average Bonchev–Trinajstić information content (AvgIpc) is 2.26. The number of rotatable bonds is 9. The number of carbonyl (C=O) groups excluding carboxylic acids is 1. The molecule has 0 aliphatic carbocycles. The highest BCUT2D eigenvalue weighted by Crippen LogP contribution is 2.03. The molecule has 1 atom stereocenters. The quantitative estimate of drug-likeness (QED) is 0.401. The summed E-state index contributed by atoms with van der Waals surface area (Å²) in [5.74, 6) is -0.652. The van der Waals surface area contributed by atoms with Gasteiger partial charge in [0.1, 0.15) is 0 Å². The number of methoxy groups -OCH3 is 2. The Hall–Kier alpha value is -0.690. The molecule has 0 spiro atoms. The first-order valence-corrected chi connectivity index (χ1v) is 5.13. The van der Waals surface area contributed by atoms with Crippen molar-refractivity contribution in [2.45, 2.75) is 12.5 Å². The Morgan fingerprint density at radius 2 is 2.00 bits per heavy atom.